The maximum absolute atomic E-state index is 5.40. The number of methoxy groups -OCH3 is 4. The van der Waals surface area contributed by atoms with Crippen LogP contribution in [-0.4, -0.2) is 28.4 Å². The van der Waals surface area contributed by atoms with Crippen molar-refractivity contribution < 1.29 is 18.9 Å². The third-order valence-electron chi connectivity index (χ3n) is 9.50. The molecular weight excluding hydrogens is 693 g/mol. The average molecular weight is 737 g/mol. The van der Waals surface area contributed by atoms with Crippen molar-refractivity contribution in [3.05, 3.63) is 192 Å². The highest BCUT2D eigenvalue weighted by Crippen LogP contribution is 2.38. The fourth-order valence-corrected chi connectivity index (χ4v) is 6.39. The van der Waals surface area contributed by atoms with Gasteiger partial charge in [0.25, 0.3) is 0 Å². The lowest BCUT2D eigenvalue weighted by molar-refractivity contribution is 0.414. The minimum absolute atomic E-state index is 0.818. The van der Waals surface area contributed by atoms with E-state index in [1.165, 1.54) is 0 Å². The van der Waals surface area contributed by atoms with Crippen molar-refractivity contribution in [2.75, 3.05) is 38.2 Å². The summed E-state index contributed by atoms with van der Waals surface area (Å²) < 4.78 is 21.6. The Bertz CT molecular complexity index is 2080. The molecule has 7 aromatic rings. The molecule has 0 radical (unpaired) electrons. The van der Waals surface area contributed by atoms with Crippen molar-refractivity contribution in [2.45, 2.75) is 0 Å². The molecule has 7 aromatic carbocycles. The van der Waals surface area contributed by atoms with E-state index in [0.717, 1.165) is 79.4 Å². The van der Waals surface area contributed by atoms with Gasteiger partial charge in [0.1, 0.15) is 23.0 Å². The molecule has 0 atom stereocenters. The SMILES string of the molecule is COc1ccc(N(c2ccc(/C=C/c3ccc(/C=C/c4ccc(N(c5ccc(OC)cc5)c5ccc(OC)cc5)cc4)cc3)cc2)c2ccc(OC)cc2)cc1. The molecule has 0 fully saturated rings. The summed E-state index contributed by atoms with van der Waals surface area (Å²) in [6, 6.07) is 58.0. The number of nitrogens with zero attached hydrogens (tertiary/aromatic N) is 2. The summed E-state index contributed by atoms with van der Waals surface area (Å²) in [4.78, 5) is 4.43. The Balaban J connectivity index is 1.02. The van der Waals surface area contributed by atoms with Gasteiger partial charge in [0.15, 0.2) is 0 Å². The van der Waals surface area contributed by atoms with Crippen molar-refractivity contribution in [2.24, 2.45) is 0 Å². The van der Waals surface area contributed by atoms with E-state index in [2.05, 4.69) is 155 Å². The summed E-state index contributed by atoms with van der Waals surface area (Å²) in [5, 5.41) is 0. The van der Waals surface area contributed by atoms with Gasteiger partial charge < -0.3 is 28.7 Å². The molecular formula is C50H44N2O4. The van der Waals surface area contributed by atoms with Crippen LogP contribution >= 0.6 is 0 Å². The summed E-state index contributed by atoms with van der Waals surface area (Å²) in [5.74, 6) is 3.27. The van der Waals surface area contributed by atoms with Crippen LogP contribution < -0.4 is 28.7 Å². The van der Waals surface area contributed by atoms with Crippen LogP contribution in [0.3, 0.4) is 0 Å². The number of benzene rings is 7. The summed E-state index contributed by atoms with van der Waals surface area (Å²) in [5.41, 5.74) is 10.7. The Kier molecular flexibility index (Phi) is 11.8. The van der Waals surface area contributed by atoms with E-state index in [1.807, 2.05) is 48.5 Å². The highest BCUT2D eigenvalue weighted by atomic mass is 16.5. The Morgan fingerprint density at radius 3 is 0.589 bits per heavy atom. The van der Waals surface area contributed by atoms with E-state index in [0.29, 0.717) is 0 Å². The standard InChI is InChI=1S/C50H44N2O4/c1-53-47-29-21-43(22-30-47)51(44-23-31-48(54-2)32-24-44)41-17-13-39(14-18-41)11-9-37-5-7-38(8-6-37)10-12-40-15-19-42(20-16-40)52(45-25-33-49(55-3)34-26-45)46-27-35-50(56-4)36-28-46/h5-36H,1-4H3/b11-9+,12-10+. The first kappa shape index (κ1) is 37.1. The molecule has 0 N–H and O–H groups in total. The van der Waals surface area contributed by atoms with Crippen molar-refractivity contribution in [1.82, 2.24) is 0 Å². The molecule has 6 nitrogen and oxygen atoms in total. The summed E-state index contributed by atoms with van der Waals surface area (Å²) in [6.07, 6.45) is 8.57. The Labute approximate surface area is 329 Å². The molecule has 0 amide bonds. The van der Waals surface area contributed by atoms with Crippen molar-refractivity contribution >= 4 is 58.4 Å². The zero-order valence-electron chi connectivity index (χ0n) is 32.0. The van der Waals surface area contributed by atoms with Gasteiger partial charge in [0.05, 0.1) is 28.4 Å². The third kappa shape index (κ3) is 8.95. The van der Waals surface area contributed by atoms with Crippen molar-refractivity contribution in [3.63, 3.8) is 0 Å². The predicted molar refractivity (Wildman–Crippen MR) is 233 cm³/mol. The van der Waals surface area contributed by atoms with E-state index < -0.39 is 0 Å². The minimum Gasteiger partial charge on any atom is -0.497 e. The lowest BCUT2D eigenvalue weighted by Gasteiger charge is -2.26. The van der Waals surface area contributed by atoms with Gasteiger partial charge in [-0.3, -0.25) is 0 Å². The maximum Gasteiger partial charge on any atom is 0.119 e. The molecule has 7 rings (SSSR count). The van der Waals surface area contributed by atoms with Crippen LogP contribution in [0.25, 0.3) is 24.3 Å². The van der Waals surface area contributed by atoms with Crippen LogP contribution in [0.15, 0.2) is 170 Å². The van der Waals surface area contributed by atoms with Crippen molar-refractivity contribution in [3.8, 4) is 23.0 Å². The molecule has 56 heavy (non-hydrogen) atoms. The van der Waals surface area contributed by atoms with E-state index >= 15 is 0 Å². The van der Waals surface area contributed by atoms with Crippen LogP contribution in [0.1, 0.15) is 22.3 Å². The lowest BCUT2D eigenvalue weighted by atomic mass is 10.1. The molecule has 278 valence electrons. The number of anilines is 6. The normalized spacial score (nSPS) is 11.1. The largest absolute Gasteiger partial charge is 0.497 e. The molecule has 0 aromatic heterocycles. The highest BCUT2D eigenvalue weighted by Gasteiger charge is 2.14. The number of rotatable bonds is 14. The minimum atomic E-state index is 0.818. The van der Waals surface area contributed by atoms with Gasteiger partial charge in [-0.2, -0.15) is 0 Å². The molecule has 0 aliphatic carbocycles. The van der Waals surface area contributed by atoms with Crippen LogP contribution in [0.4, 0.5) is 34.1 Å². The van der Waals surface area contributed by atoms with E-state index in [4.69, 9.17) is 18.9 Å². The Morgan fingerprint density at radius 2 is 0.411 bits per heavy atom. The van der Waals surface area contributed by atoms with Gasteiger partial charge in [0.2, 0.25) is 0 Å². The zero-order chi connectivity index (χ0) is 38.7. The predicted octanol–water partition coefficient (Wildman–Crippen LogP) is 13.0. The molecule has 0 bridgehead atoms. The summed E-state index contributed by atoms with van der Waals surface area (Å²) in [6.45, 7) is 0. The molecule has 6 heteroatoms. The first-order valence-electron chi connectivity index (χ1n) is 18.4. The van der Waals surface area contributed by atoms with Gasteiger partial charge in [-0.15, -0.1) is 0 Å². The Hall–Kier alpha value is -7.18. The quantitative estimate of drug-likeness (QED) is 0.104. The zero-order valence-corrected chi connectivity index (χ0v) is 32.0. The second-order valence-electron chi connectivity index (χ2n) is 13.0. The Morgan fingerprint density at radius 1 is 0.250 bits per heavy atom. The fraction of sp³-hybridized carbons (Fsp3) is 0.0800. The second kappa shape index (κ2) is 17.8. The van der Waals surface area contributed by atoms with E-state index in [1.54, 1.807) is 28.4 Å². The molecule has 0 heterocycles. The van der Waals surface area contributed by atoms with E-state index in [-0.39, 0.29) is 0 Å². The summed E-state index contributed by atoms with van der Waals surface area (Å²) >= 11 is 0. The summed E-state index contributed by atoms with van der Waals surface area (Å²) in [7, 11) is 6.72. The fourth-order valence-electron chi connectivity index (χ4n) is 6.39. The highest BCUT2D eigenvalue weighted by molar-refractivity contribution is 5.80. The number of hydrogen-bond acceptors (Lipinski definition) is 6. The number of ether oxygens (including phenoxy) is 4. The van der Waals surface area contributed by atoms with Gasteiger partial charge >= 0.3 is 0 Å². The van der Waals surface area contributed by atoms with Crippen LogP contribution in [0.2, 0.25) is 0 Å². The van der Waals surface area contributed by atoms with Gasteiger partial charge in [-0.25, -0.2) is 0 Å². The van der Waals surface area contributed by atoms with Gasteiger partial charge in [-0.05, 0) is 144 Å². The lowest BCUT2D eigenvalue weighted by Crippen LogP contribution is -2.09. The molecule has 0 aliphatic rings. The molecule has 0 spiro atoms. The van der Waals surface area contributed by atoms with Crippen molar-refractivity contribution in [1.29, 1.82) is 0 Å². The number of hydrogen-bond donors (Lipinski definition) is 0. The molecule has 0 unspecified atom stereocenters. The second-order valence-corrected chi connectivity index (χ2v) is 13.0. The van der Waals surface area contributed by atoms with Crippen LogP contribution in [0, 0.1) is 0 Å². The maximum atomic E-state index is 5.40. The van der Waals surface area contributed by atoms with Gasteiger partial charge in [-0.1, -0.05) is 72.8 Å². The smallest absolute Gasteiger partial charge is 0.119 e. The first-order chi connectivity index (χ1) is 27.5. The third-order valence-corrected chi connectivity index (χ3v) is 9.50. The molecule has 0 saturated heterocycles. The average Bonchev–Trinajstić information content (AvgIpc) is 3.27. The first-order valence-corrected chi connectivity index (χ1v) is 18.4. The monoisotopic (exact) mass is 736 g/mol. The van der Waals surface area contributed by atoms with E-state index in [9.17, 15) is 0 Å². The van der Waals surface area contributed by atoms with Crippen LogP contribution in [0.5, 0.6) is 23.0 Å². The van der Waals surface area contributed by atoms with Gasteiger partial charge in [0, 0.05) is 34.1 Å². The molecule has 0 saturated carbocycles. The topological polar surface area (TPSA) is 43.4 Å². The molecule has 0 aliphatic heterocycles. The van der Waals surface area contributed by atoms with Crippen LogP contribution in [-0.2, 0) is 0 Å².